The van der Waals surface area contributed by atoms with E-state index < -0.39 is 5.97 Å². The Bertz CT molecular complexity index is 1090. The monoisotopic (exact) mass is 379 g/mol. The highest BCUT2D eigenvalue weighted by molar-refractivity contribution is 6.14. The SMILES string of the molecule is COC(=O)c1ccc(COc2ccc3c(c2)O/C(=C/c2cccn2C)C3=O)o1. The molecule has 1 aliphatic rings. The van der Waals surface area contributed by atoms with E-state index in [2.05, 4.69) is 4.74 Å². The molecule has 0 fully saturated rings. The molecule has 0 bridgehead atoms. The highest BCUT2D eigenvalue weighted by Crippen LogP contribution is 2.35. The number of aryl methyl sites for hydroxylation is 1. The number of Topliss-reactive ketones (excluding diaryl/α,β-unsaturated/α-hetero) is 1. The van der Waals surface area contributed by atoms with Crippen LogP contribution in [0.1, 0.15) is 32.4 Å². The molecule has 0 atom stereocenters. The second-order valence-corrected chi connectivity index (χ2v) is 6.19. The van der Waals surface area contributed by atoms with Gasteiger partial charge in [0.25, 0.3) is 0 Å². The lowest BCUT2D eigenvalue weighted by Gasteiger charge is -2.05. The van der Waals surface area contributed by atoms with E-state index in [1.807, 2.05) is 29.9 Å². The van der Waals surface area contributed by atoms with Gasteiger partial charge in [-0.1, -0.05) is 0 Å². The number of allylic oxidation sites excluding steroid dienone is 1. The topological polar surface area (TPSA) is 79.9 Å². The van der Waals surface area contributed by atoms with Crippen LogP contribution in [-0.4, -0.2) is 23.4 Å². The molecule has 28 heavy (non-hydrogen) atoms. The molecule has 0 radical (unpaired) electrons. The fourth-order valence-electron chi connectivity index (χ4n) is 2.84. The maximum absolute atomic E-state index is 12.5. The predicted molar refractivity (Wildman–Crippen MR) is 99.2 cm³/mol. The van der Waals surface area contributed by atoms with Crippen LogP contribution in [0.25, 0.3) is 6.08 Å². The molecule has 0 N–H and O–H groups in total. The van der Waals surface area contributed by atoms with Gasteiger partial charge in [0.2, 0.25) is 11.5 Å². The molecule has 7 nitrogen and oxygen atoms in total. The Morgan fingerprint density at radius 1 is 1.21 bits per heavy atom. The first-order valence-corrected chi connectivity index (χ1v) is 8.54. The molecule has 0 saturated heterocycles. The van der Waals surface area contributed by atoms with E-state index in [0.29, 0.717) is 22.8 Å². The summed E-state index contributed by atoms with van der Waals surface area (Å²) in [5.74, 6) is 1.09. The van der Waals surface area contributed by atoms with E-state index in [0.717, 1.165) is 5.69 Å². The van der Waals surface area contributed by atoms with Crippen molar-refractivity contribution in [3.8, 4) is 11.5 Å². The van der Waals surface area contributed by atoms with Crippen LogP contribution in [0.4, 0.5) is 0 Å². The number of rotatable bonds is 5. The molecule has 1 aliphatic heterocycles. The van der Waals surface area contributed by atoms with Gasteiger partial charge in [-0.25, -0.2) is 4.79 Å². The third-order valence-corrected chi connectivity index (χ3v) is 4.33. The molecule has 0 spiro atoms. The number of hydrogen-bond donors (Lipinski definition) is 0. The summed E-state index contributed by atoms with van der Waals surface area (Å²) in [5.41, 5.74) is 1.35. The van der Waals surface area contributed by atoms with Gasteiger partial charge < -0.3 is 23.2 Å². The van der Waals surface area contributed by atoms with Crippen LogP contribution in [-0.2, 0) is 18.4 Å². The average molecular weight is 379 g/mol. The number of fused-ring (bicyclic) bond motifs is 1. The summed E-state index contributed by atoms with van der Waals surface area (Å²) in [7, 11) is 3.18. The number of carbonyl (C=O) groups is 2. The molecular formula is C21H17NO6. The number of benzene rings is 1. The summed E-state index contributed by atoms with van der Waals surface area (Å²) < 4.78 is 23.3. The van der Waals surface area contributed by atoms with Gasteiger partial charge in [0, 0.05) is 31.1 Å². The van der Waals surface area contributed by atoms with Crippen molar-refractivity contribution in [1.82, 2.24) is 4.57 Å². The van der Waals surface area contributed by atoms with Crippen molar-refractivity contribution in [3.63, 3.8) is 0 Å². The van der Waals surface area contributed by atoms with E-state index in [-0.39, 0.29) is 23.9 Å². The summed E-state index contributed by atoms with van der Waals surface area (Å²) in [6.45, 7) is 0.121. The Hall–Kier alpha value is -3.74. The third kappa shape index (κ3) is 3.29. The Balaban J connectivity index is 1.47. The smallest absolute Gasteiger partial charge is 0.373 e. The Kier molecular flexibility index (Phi) is 4.49. The van der Waals surface area contributed by atoms with Crippen LogP contribution in [0.3, 0.4) is 0 Å². The lowest BCUT2D eigenvalue weighted by Crippen LogP contribution is -1.99. The van der Waals surface area contributed by atoms with Crippen LogP contribution in [0.5, 0.6) is 11.5 Å². The van der Waals surface area contributed by atoms with Crippen molar-refractivity contribution in [2.75, 3.05) is 7.11 Å². The van der Waals surface area contributed by atoms with Gasteiger partial charge in [0.1, 0.15) is 23.9 Å². The number of aromatic nitrogens is 1. The largest absolute Gasteiger partial charge is 0.486 e. The summed E-state index contributed by atoms with van der Waals surface area (Å²) in [5, 5.41) is 0. The molecule has 7 heteroatoms. The number of nitrogens with zero attached hydrogens (tertiary/aromatic N) is 1. The first-order valence-electron chi connectivity index (χ1n) is 8.54. The molecular weight excluding hydrogens is 362 g/mol. The van der Waals surface area contributed by atoms with E-state index in [1.54, 1.807) is 30.3 Å². The molecule has 3 heterocycles. The van der Waals surface area contributed by atoms with Crippen molar-refractivity contribution >= 4 is 17.8 Å². The second kappa shape index (κ2) is 7.11. The van der Waals surface area contributed by atoms with Gasteiger partial charge in [-0.15, -0.1) is 0 Å². The van der Waals surface area contributed by atoms with E-state index in [9.17, 15) is 9.59 Å². The molecule has 2 aromatic heterocycles. The molecule has 0 aliphatic carbocycles. The number of hydrogen-bond acceptors (Lipinski definition) is 6. The summed E-state index contributed by atoms with van der Waals surface area (Å²) in [6.07, 6.45) is 3.60. The van der Waals surface area contributed by atoms with E-state index in [4.69, 9.17) is 13.9 Å². The molecule has 0 unspecified atom stereocenters. The predicted octanol–water partition coefficient (Wildman–Crippen LogP) is 3.60. The van der Waals surface area contributed by atoms with Gasteiger partial charge in [-0.05, 0) is 36.4 Å². The molecule has 142 valence electrons. The minimum absolute atomic E-state index is 0.111. The molecule has 3 aromatic rings. The second-order valence-electron chi connectivity index (χ2n) is 6.19. The first-order chi connectivity index (χ1) is 13.5. The van der Waals surface area contributed by atoms with Crippen LogP contribution in [0.2, 0.25) is 0 Å². The van der Waals surface area contributed by atoms with Crippen molar-refractivity contribution < 1.29 is 28.2 Å². The van der Waals surface area contributed by atoms with Crippen molar-refractivity contribution in [2.24, 2.45) is 7.05 Å². The van der Waals surface area contributed by atoms with Crippen molar-refractivity contribution in [3.05, 3.63) is 77.2 Å². The summed E-state index contributed by atoms with van der Waals surface area (Å²) >= 11 is 0. The lowest BCUT2D eigenvalue weighted by atomic mass is 10.1. The van der Waals surface area contributed by atoms with Gasteiger partial charge in [0.15, 0.2) is 5.76 Å². The Labute approximate surface area is 160 Å². The van der Waals surface area contributed by atoms with Crippen LogP contribution >= 0.6 is 0 Å². The number of furan rings is 1. The van der Waals surface area contributed by atoms with E-state index in [1.165, 1.54) is 13.2 Å². The average Bonchev–Trinajstić information content (AvgIpc) is 3.40. The lowest BCUT2D eigenvalue weighted by molar-refractivity contribution is 0.0561. The molecule has 0 amide bonds. The fourth-order valence-corrected chi connectivity index (χ4v) is 2.84. The highest BCUT2D eigenvalue weighted by Gasteiger charge is 2.28. The summed E-state index contributed by atoms with van der Waals surface area (Å²) in [4.78, 5) is 23.9. The Morgan fingerprint density at radius 2 is 2.07 bits per heavy atom. The quantitative estimate of drug-likeness (QED) is 0.498. The standard InChI is InChI=1S/C21H17NO6/c1-22-9-3-4-13(22)10-19-20(23)16-7-5-14(11-18(16)28-19)26-12-15-6-8-17(27-15)21(24)25-2/h3-11H,12H2,1-2H3/b19-10+. The molecule has 0 saturated carbocycles. The number of carbonyl (C=O) groups excluding carboxylic acids is 2. The summed E-state index contributed by atoms with van der Waals surface area (Å²) in [6, 6.07) is 12.0. The minimum Gasteiger partial charge on any atom is -0.486 e. The first kappa shape index (κ1) is 17.7. The zero-order valence-corrected chi connectivity index (χ0v) is 15.3. The van der Waals surface area contributed by atoms with Gasteiger partial charge in [-0.2, -0.15) is 0 Å². The molecule has 4 rings (SSSR count). The minimum atomic E-state index is -0.548. The normalized spacial score (nSPS) is 14.1. The van der Waals surface area contributed by atoms with Gasteiger partial charge in [0.05, 0.1) is 12.7 Å². The molecule has 1 aromatic carbocycles. The maximum atomic E-state index is 12.5. The number of ether oxygens (including phenoxy) is 3. The van der Waals surface area contributed by atoms with Crippen LogP contribution in [0.15, 0.2) is 58.8 Å². The van der Waals surface area contributed by atoms with Gasteiger partial charge >= 0.3 is 5.97 Å². The number of methoxy groups -OCH3 is 1. The highest BCUT2D eigenvalue weighted by atomic mass is 16.5. The zero-order chi connectivity index (χ0) is 19.7. The maximum Gasteiger partial charge on any atom is 0.373 e. The Morgan fingerprint density at radius 3 is 2.82 bits per heavy atom. The van der Waals surface area contributed by atoms with Crippen LogP contribution < -0.4 is 9.47 Å². The number of ketones is 1. The zero-order valence-electron chi connectivity index (χ0n) is 15.3. The van der Waals surface area contributed by atoms with Crippen molar-refractivity contribution in [1.29, 1.82) is 0 Å². The van der Waals surface area contributed by atoms with Crippen LogP contribution in [0, 0.1) is 0 Å². The van der Waals surface area contributed by atoms with Crippen molar-refractivity contribution in [2.45, 2.75) is 6.61 Å². The number of esters is 1. The van der Waals surface area contributed by atoms with Gasteiger partial charge in [-0.3, -0.25) is 4.79 Å². The van der Waals surface area contributed by atoms with E-state index >= 15 is 0 Å². The fraction of sp³-hybridized carbons (Fsp3) is 0.143. The third-order valence-electron chi connectivity index (χ3n) is 4.33.